The molecule has 0 aromatic heterocycles. The average Bonchev–Trinajstić information content (AvgIpc) is 3.15. The van der Waals surface area contributed by atoms with Gasteiger partial charge in [0.25, 0.3) is 0 Å². The van der Waals surface area contributed by atoms with E-state index in [1.807, 2.05) is 25.1 Å². The first-order valence-corrected chi connectivity index (χ1v) is 6.39. The zero-order valence-corrected chi connectivity index (χ0v) is 11.3. The highest BCUT2D eigenvalue weighted by Gasteiger charge is 2.57. The normalized spacial score (nSPS) is 19.9. The van der Waals surface area contributed by atoms with Crippen molar-refractivity contribution in [3.63, 3.8) is 0 Å². The van der Waals surface area contributed by atoms with Crippen molar-refractivity contribution >= 4 is 5.97 Å². The van der Waals surface area contributed by atoms with E-state index in [-0.39, 0.29) is 11.4 Å². The van der Waals surface area contributed by atoms with Gasteiger partial charge in [0.15, 0.2) is 0 Å². The van der Waals surface area contributed by atoms with Crippen LogP contribution in [0.4, 0.5) is 0 Å². The molecule has 1 aliphatic rings. The summed E-state index contributed by atoms with van der Waals surface area (Å²) in [7, 11) is 1.45. The lowest BCUT2D eigenvalue weighted by molar-refractivity contribution is -0.151. The molecule has 0 radical (unpaired) electrons. The molecule has 0 aliphatic heterocycles. The SMILES string of the molecule is COC(=O)C(C)(NCc1ccccc1)C1(C)CC1. The van der Waals surface area contributed by atoms with Crippen molar-refractivity contribution in [2.45, 2.75) is 38.8 Å². The van der Waals surface area contributed by atoms with E-state index in [1.54, 1.807) is 0 Å². The summed E-state index contributed by atoms with van der Waals surface area (Å²) in [6.45, 7) is 4.78. The molecule has 1 aromatic carbocycles. The monoisotopic (exact) mass is 247 g/mol. The van der Waals surface area contributed by atoms with Gasteiger partial charge in [-0.05, 0) is 30.7 Å². The molecule has 0 saturated heterocycles. The number of hydrogen-bond acceptors (Lipinski definition) is 3. The number of esters is 1. The molecule has 1 fully saturated rings. The fourth-order valence-corrected chi connectivity index (χ4v) is 2.30. The van der Waals surface area contributed by atoms with Crippen LogP contribution < -0.4 is 5.32 Å². The Balaban J connectivity index is 2.10. The maximum atomic E-state index is 12.1. The van der Waals surface area contributed by atoms with Gasteiger partial charge in [0.05, 0.1) is 7.11 Å². The van der Waals surface area contributed by atoms with Crippen molar-refractivity contribution in [3.8, 4) is 0 Å². The number of carbonyl (C=O) groups is 1. The molecule has 3 heteroatoms. The molecule has 1 N–H and O–H groups in total. The van der Waals surface area contributed by atoms with Crippen LogP contribution in [0, 0.1) is 5.41 Å². The fraction of sp³-hybridized carbons (Fsp3) is 0.533. The van der Waals surface area contributed by atoms with E-state index in [4.69, 9.17) is 4.74 Å². The predicted molar refractivity (Wildman–Crippen MR) is 71.0 cm³/mol. The quantitative estimate of drug-likeness (QED) is 0.812. The Morgan fingerprint density at radius 1 is 1.39 bits per heavy atom. The minimum atomic E-state index is -0.600. The van der Waals surface area contributed by atoms with Crippen LogP contribution in [0.15, 0.2) is 30.3 Å². The Labute approximate surface area is 109 Å². The molecule has 1 aliphatic carbocycles. The third-order valence-corrected chi connectivity index (χ3v) is 4.29. The summed E-state index contributed by atoms with van der Waals surface area (Å²) in [5.41, 5.74) is 0.601. The van der Waals surface area contributed by atoms with Crippen LogP contribution >= 0.6 is 0 Å². The van der Waals surface area contributed by atoms with Crippen molar-refractivity contribution in [2.75, 3.05) is 7.11 Å². The highest BCUT2D eigenvalue weighted by Crippen LogP contribution is 2.54. The maximum Gasteiger partial charge on any atom is 0.326 e. The smallest absolute Gasteiger partial charge is 0.326 e. The van der Waals surface area contributed by atoms with E-state index >= 15 is 0 Å². The number of benzene rings is 1. The van der Waals surface area contributed by atoms with Crippen LogP contribution in [-0.2, 0) is 16.1 Å². The molecule has 3 nitrogen and oxygen atoms in total. The number of hydrogen-bond donors (Lipinski definition) is 1. The Hall–Kier alpha value is -1.35. The lowest BCUT2D eigenvalue weighted by Gasteiger charge is -2.34. The summed E-state index contributed by atoms with van der Waals surface area (Å²) in [5.74, 6) is -0.168. The number of rotatable bonds is 5. The van der Waals surface area contributed by atoms with Crippen LogP contribution in [0.2, 0.25) is 0 Å². The third-order valence-electron chi connectivity index (χ3n) is 4.29. The minimum absolute atomic E-state index is 0.0227. The van der Waals surface area contributed by atoms with E-state index < -0.39 is 5.54 Å². The minimum Gasteiger partial charge on any atom is -0.468 e. The Bertz CT molecular complexity index is 425. The summed E-state index contributed by atoms with van der Waals surface area (Å²) in [5, 5.41) is 3.39. The van der Waals surface area contributed by atoms with Gasteiger partial charge in [0.1, 0.15) is 5.54 Å². The molecule has 0 spiro atoms. The second-order valence-electron chi connectivity index (χ2n) is 5.52. The average molecular weight is 247 g/mol. The molecular weight excluding hydrogens is 226 g/mol. The lowest BCUT2D eigenvalue weighted by Crippen LogP contribution is -2.55. The van der Waals surface area contributed by atoms with Gasteiger partial charge < -0.3 is 4.74 Å². The molecule has 1 aromatic rings. The zero-order chi connectivity index (χ0) is 13.2. The number of ether oxygens (including phenoxy) is 1. The summed E-state index contributed by atoms with van der Waals surface area (Å²) in [6.07, 6.45) is 2.14. The molecule has 0 bridgehead atoms. The first kappa shape index (κ1) is 13.1. The van der Waals surface area contributed by atoms with E-state index in [9.17, 15) is 4.79 Å². The second-order valence-corrected chi connectivity index (χ2v) is 5.52. The number of nitrogens with one attached hydrogen (secondary N) is 1. The molecule has 98 valence electrons. The Morgan fingerprint density at radius 3 is 2.50 bits per heavy atom. The van der Waals surface area contributed by atoms with Crippen LogP contribution in [0.5, 0.6) is 0 Å². The maximum absolute atomic E-state index is 12.1. The van der Waals surface area contributed by atoms with E-state index in [0.717, 1.165) is 12.8 Å². The van der Waals surface area contributed by atoms with Crippen molar-refractivity contribution in [1.29, 1.82) is 0 Å². The van der Waals surface area contributed by atoms with Gasteiger partial charge in [0.2, 0.25) is 0 Å². The summed E-state index contributed by atoms with van der Waals surface area (Å²) in [6, 6.07) is 10.1. The van der Waals surface area contributed by atoms with Crippen molar-refractivity contribution in [1.82, 2.24) is 5.32 Å². The zero-order valence-electron chi connectivity index (χ0n) is 11.3. The topological polar surface area (TPSA) is 38.3 Å². The van der Waals surface area contributed by atoms with Crippen LogP contribution in [0.25, 0.3) is 0 Å². The van der Waals surface area contributed by atoms with E-state index in [1.165, 1.54) is 12.7 Å². The van der Waals surface area contributed by atoms with Gasteiger partial charge in [-0.25, -0.2) is 0 Å². The first-order valence-electron chi connectivity index (χ1n) is 6.39. The number of carbonyl (C=O) groups excluding carboxylic acids is 1. The largest absolute Gasteiger partial charge is 0.468 e. The predicted octanol–water partition coefficient (Wildman–Crippen LogP) is 2.51. The fourth-order valence-electron chi connectivity index (χ4n) is 2.30. The molecule has 1 saturated carbocycles. The molecule has 1 atom stereocenters. The standard InChI is InChI=1S/C15H21NO2/c1-14(9-10-14)15(2,13(17)18-3)16-11-12-7-5-4-6-8-12/h4-8,16H,9-11H2,1-3H3. The summed E-state index contributed by atoms with van der Waals surface area (Å²) in [4.78, 5) is 12.1. The molecular formula is C15H21NO2. The highest BCUT2D eigenvalue weighted by molar-refractivity contribution is 5.82. The Kier molecular flexibility index (Phi) is 3.44. The molecule has 0 heterocycles. The van der Waals surface area contributed by atoms with Crippen LogP contribution in [0.3, 0.4) is 0 Å². The first-order chi connectivity index (χ1) is 8.52. The second kappa shape index (κ2) is 4.73. The molecule has 18 heavy (non-hydrogen) atoms. The van der Waals surface area contributed by atoms with Crippen molar-refractivity contribution in [2.24, 2.45) is 5.41 Å². The molecule has 2 rings (SSSR count). The van der Waals surface area contributed by atoms with Gasteiger partial charge in [-0.15, -0.1) is 0 Å². The van der Waals surface area contributed by atoms with E-state index in [2.05, 4.69) is 24.4 Å². The van der Waals surface area contributed by atoms with Crippen LogP contribution in [0.1, 0.15) is 32.3 Å². The van der Waals surface area contributed by atoms with Gasteiger partial charge in [-0.2, -0.15) is 0 Å². The molecule has 1 unspecified atom stereocenters. The Morgan fingerprint density at radius 2 is 2.00 bits per heavy atom. The van der Waals surface area contributed by atoms with Gasteiger partial charge in [0, 0.05) is 6.54 Å². The summed E-state index contributed by atoms with van der Waals surface area (Å²) < 4.78 is 4.97. The number of methoxy groups -OCH3 is 1. The van der Waals surface area contributed by atoms with E-state index in [0.29, 0.717) is 6.54 Å². The van der Waals surface area contributed by atoms with Gasteiger partial charge in [-0.3, -0.25) is 10.1 Å². The van der Waals surface area contributed by atoms with Crippen molar-refractivity contribution in [3.05, 3.63) is 35.9 Å². The van der Waals surface area contributed by atoms with Gasteiger partial charge >= 0.3 is 5.97 Å². The van der Waals surface area contributed by atoms with Gasteiger partial charge in [-0.1, -0.05) is 37.3 Å². The highest BCUT2D eigenvalue weighted by atomic mass is 16.5. The summed E-state index contributed by atoms with van der Waals surface area (Å²) >= 11 is 0. The molecule has 0 amide bonds. The lowest BCUT2D eigenvalue weighted by atomic mass is 9.83. The van der Waals surface area contributed by atoms with Crippen molar-refractivity contribution < 1.29 is 9.53 Å². The third kappa shape index (κ3) is 2.27. The van der Waals surface area contributed by atoms with Crippen LogP contribution in [-0.4, -0.2) is 18.6 Å².